The summed E-state index contributed by atoms with van der Waals surface area (Å²) in [4.78, 5) is 5.98. The molecule has 0 bridgehead atoms. The molecular weight excluding hydrogens is 479 g/mol. The first-order chi connectivity index (χ1) is 13.2. The van der Waals surface area contributed by atoms with Crippen LogP contribution in [-0.4, -0.2) is 46.9 Å². The molecule has 0 spiro atoms. The molecule has 0 aliphatic carbocycles. The zero-order valence-corrected chi connectivity index (χ0v) is 18.0. The molecular formula is C18H24F2IN7. The minimum atomic E-state index is -0.529. The fraction of sp³-hybridized carbons (Fsp3) is 0.500. The molecule has 2 aliphatic heterocycles. The second-order valence-electron chi connectivity index (χ2n) is 6.86. The van der Waals surface area contributed by atoms with Gasteiger partial charge in [-0.1, -0.05) is 6.07 Å². The number of para-hydroxylation sites is 1. The summed E-state index contributed by atoms with van der Waals surface area (Å²) >= 11 is 0. The average Bonchev–Trinajstić information content (AvgIpc) is 3.36. The van der Waals surface area contributed by atoms with Crippen LogP contribution in [0, 0.1) is 11.6 Å². The lowest BCUT2D eigenvalue weighted by atomic mass is 10.2. The second kappa shape index (κ2) is 9.01. The van der Waals surface area contributed by atoms with Gasteiger partial charge in [0.25, 0.3) is 0 Å². The summed E-state index contributed by atoms with van der Waals surface area (Å²) in [7, 11) is 1.70. The molecule has 0 saturated carbocycles. The number of guanidine groups is 1. The van der Waals surface area contributed by atoms with Gasteiger partial charge in [0.2, 0.25) is 0 Å². The van der Waals surface area contributed by atoms with Gasteiger partial charge in [-0.25, -0.2) is 8.78 Å². The predicted octanol–water partition coefficient (Wildman–Crippen LogP) is 2.06. The van der Waals surface area contributed by atoms with E-state index in [1.165, 1.54) is 18.2 Å². The molecule has 1 aromatic carbocycles. The van der Waals surface area contributed by atoms with Crippen molar-refractivity contribution < 1.29 is 8.78 Å². The largest absolute Gasteiger partial charge is 0.365 e. The molecule has 28 heavy (non-hydrogen) atoms. The standard InChI is InChI=1S/C18H23F2N7.HI/c1-21-18(22-10-16-25-24-15-6-3-8-27(15)16)23-12-7-9-26(11-12)17-13(19)4-2-5-14(17)20;/h2,4-5,12H,3,6-11H2,1H3,(H2,21,22,23);1H. The maximum atomic E-state index is 14.0. The summed E-state index contributed by atoms with van der Waals surface area (Å²) in [6.45, 7) is 2.59. The Kier molecular flexibility index (Phi) is 6.68. The molecule has 10 heteroatoms. The number of rotatable bonds is 4. The maximum absolute atomic E-state index is 14.0. The van der Waals surface area contributed by atoms with E-state index in [0.29, 0.717) is 25.6 Å². The lowest BCUT2D eigenvalue weighted by Crippen LogP contribution is -2.44. The third-order valence-electron chi connectivity index (χ3n) is 5.11. The number of aliphatic imine (C=N–C) groups is 1. The fourth-order valence-corrected chi connectivity index (χ4v) is 3.76. The lowest BCUT2D eigenvalue weighted by molar-refractivity contribution is 0.575. The third-order valence-corrected chi connectivity index (χ3v) is 5.11. The minimum Gasteiger partial charge on any atom is -0.365 e. The van der Waals surface area contributed by atoms with E-state index in [4.69, 9.17) is 0 Å². The van der Waals surface area contributed by atoms with E-state index in [1.54, 1.807) is 11.9 Å². The van der Waals surface area contributed by atoms with Crippen molar-refractivity contribution >= 4 is 35.6 Å². The smallest absolute Gasteiger partial charge is 0.191 e. The van der Waals surface area contributed by atoms with E-state index in [2.05, 4.69) is 30.4 Å². The molecule has 2 N–H and O–H groups in total. The molecule has 7 nitrogen and oxygen atoms in total. The molecule has 152 valence electrons. The molecule has 2 aliphatic rings. The van der Waals surface area contributed by atoms with E-state index < -0.39 is 11.6 Å². The van der Waals surface area contributed by atoms with Gasteiger partial charge in [-0.3, -0.25) is 4.99 Å². The first-order valence-electron chi connectivity index (χ1n) is 9.23. The molecule has 1 aromatic heterocycles. The van der Waals surface area contributed by atoms with E-state index in [-0.39, 0.29) is 35.7 Å². The number of nitrogens with zero attached hydrogens (tertiary/aromatic N) is 5. The SMILES string of the molecule is CN=C(NCc1nnc2n1CCC2)NC1CCN(c2c(F)cccc2F)C1.I. The Morgan fingerprint density at radius 2 is 2.04 bits per heavy atom. The Labute approximate surface area is 179 Å². The molecule has 0 amide bonds. The summed E-state index contributed by atoms with van der Waals surface area (Å²) in [5.74, 6) is 1.52. The molecule has 1 saturated heterocycles. The Hall–Kier alpha value is -1.98. The average molecular weight is 503 g/mol. The van der Waals surface area contributed by atoms with Crippen LogP contribution in [0.4, 0.5) is 14.5 Å². The van der Waals surface area contributed by atoms with Crippen molar-refractivity contribution in [2.45, 2.75) is 38.4 Å². The summed E-state index contributed by atoms with van der Waals surface area (Å²) < 4.78 is 30.1. The fourth-order valence-electron chi connectivity index (χ4n) is 3.76. The molecule has 3 heterocycles. The van der Waals surface area contributed by atoms with Crippen LogP contribution >= 0.6 is 24.0 Å². The van der Waals surface area contributed by atoms with Crippen molar-refractivity contribution in [1.82, 2.24) is 25.4 Å². The molecule has 1 unspecified atom stereocenters. The van der Waals surface area contributed by atoms with Gasteiger partial charge in [0.1, 0.15) is 23.1 Å². The summed E-state index contributed by atoms with van der Waals surface area (Å²) in [6.07, 6.45) is 2.86. The van der Waals surface area contributed by atoms with Crippen molar-refractivity contribution in [1.29, 1.82) is 0 Å². The monoisotopic (exact) mass is 503 g/mol. The van der Waals surface area contributed by atoms with Crippen LogP contribution in [0.25, 0.3) is 0 Å². The first-order valence-corrected chi connectivity index (χ1v) is 9.23. The van der Waals surface area contributed by atoms with Crippen LogP contribution in [0.3, 0.4) is 0 Å². The first kappa shape index (κ1) is 20.7. The van der Waals surface area contributed by atoms with E-state index in [9.17, 15) is 8.78 Å². The summed E-state index contributed by atoms with van der Waals surface area (Å²) in [5, 5.41) is 15.0. The van der Waals surface area contributed by atoms with Crippen molar-refractivity contribution in [2.24, 2.45) is 4.99 Å². The van der Waals surface area contributed by atoms with Crippen LogP contribution in [0.2, 0.25) is 0 Å². The highest BCUT2D eigenvalue weighted by molar-refractivity contribution is 14.0. The maximum Gasteiger partial charge on any atom is 0.191 e. The highest BCUT2D eigenvalue weighted by Crippen LogP contribution is 2.26. The third kappa shape index (κ3) is 4.20. The Balaban J connectivity index is 0.00000225. The highest BCUT2D eigenvalue weighted by Gasteiger charge is 2.27. The van der Waals surface area contributed by atoms with Crippen LogP contribution in [0.1, 0.15) is 24.5 Å². The summed E-state index contributed by atoms with van der Waals surface area (Å²) in [6, 6.07) is 4.01. The van der Waals surface area contributed by atoms with Gasteiger partial charge in [-0.15, -0.1) is 34.2 Å². The van der Waals surface area contributed by atoms with Gasteiger partial charge in [0.15, 0.2) is 11.8 Å². The van der Waals surface area contributed by atoms with Gasteiger partial charge >= 0.3 is 0 Å². The van der Waals surface area contributed by atoms with Gasteiger partial charge in [-0.05, 0) is 25.0 Å². The number of hydrogen-bond donors (Lipinski definition) is 2. The quantitative estimate of drug-likeness (QED) is 0.380. The van der Waals surface area contributed by atoms with E-state index in [0.717, 1.165) is 37.5 Å². The van der Waals surface area contributed by atoms with E-state index in [1.807, 2.05) is 0 Å². The molecule has 2 aromatic rings. The number of aromatic nitrogens is 3. The molecule has 4 rings (SSSR count). The number of benzene rings is 1. The number of nitrogens with one attached hydrogen (secondary N) is 2. The van der Waals surface area contributed by atoms with Crippen LogP contribution < -0.4 is 15.5 Å². The number of fused-ring (bicyclic) bond motifs is 1. The minimum absolute atomic E-state index is 0. The zero-order valence-electron chi connectivity index (χ0n) is 15.7. The van der Waals surface area contributed by atoms with Crippen molar-refractivity contribution in [3.63, 3.8) is 0 Å². The van der Waals surface area contributed by atoms with Crippen molar-refractivity contribution in [3.05, 3.63) is 41.5 Å². The molecule has 0 radical (unpaired) electrons. The predicted molar refractivity (Wildman–Crippen MR) is 114 cm³/mol. The number of aryl methyl sites for hydroxylation is 1. The molecule has 1 atom stereocenters. The van der Waals surface area contributed by atoms with Gasteiger partial charge < -0.3 is 20.1 Å². The number of anilines is 1. The number of hydrogen-bond acceptors (Lipinski definition) is 4. The van der Waals surface area contributed by atoms with Gasteiger partial charge in [0, 0.05) is 39.1 Å². The van der Waals surface area contributed by atoms with Crippen LogP contribution in [0.15, 0.2) is 23.2 Å². The Morgan fingerprint density at radius 1 is 1.25 bits per heavy atom. The zero-order chi connectivity index (χ0) is 18.8. The van der Waals surface area contributed by atoms with Crippen molar-refractivity contribution in [3.8, 4) is 0 Å². The Bertz CT molecular complexity index is 834. The number of halogens is 3. The second-order valence-corrected chi connectivity index (χ2v) is 6.86. The topological polar surface area (TPSA) is 70.4 Å². The van der Waals surface area contributed by atoms with Crippen LogP contribution in [0.5, 0.6) is 0 Å². The van der Waals surface area contributed by atoms with E-state index >= 15 is 0 Å². The van der Waals surface area contributed by atoms with Crippen LogP contribution in [-0.2, 0) is 19.5 Å². The van der Waals surface area contributed by atoms with Gasteiger partial charge in [-0.2, -0.15) is 0 Å². The molecule has 1 fully saturated rings. The Morgan fingerprint density at radius 3 is 2.79 bits per heavy atom. The lowest BCUT2D eigenvalue weighted by Gasteiger charge is -2.21. The van der Waals surface area contributed by atoms with Crippen molar-refractivity contribution in [2.75, 3.05) is 25.0 Å². The highest BCUT2D eigenvalue weighted by atomic mass is 127. The van der Waals surface area contributed by atoms with Gasteiger partial charge in [0.05, 0.1) is 6.54 Å². The normalized spacial score (nSPS) is 18.8. The summed E-state index contributed by atoms with van der Waals surface area (Å²) in [5.41, 5.74) is 0.0452.